The molecule has 0 aliphatic carbocycles. The first-order valence-electron chi connectivity index (χ1n) is 5.11. The summed E-state index contributed by atoms with van der Waals surface area (Å²) in [6.45, 7) is 2.35. The van der Waals surface area contributed by atoms with Gasteiger partial charge in [-0.2, -0.15) is 0 Å². The van der Waals surface area contributed by atoms with Gasteiger partial charge in [-0.25, -0.2) is 9.37 Å². The minimum atomic E-state index is -0.257. The summed E-state index contributed by atoms with van der Waals surface area (Å²) in [5.74, 6) is 0.491. The normalized spacial score (nSPS) is 10.8. The molecule has 2 rings (SSSR count). The average Bonchev–Trinajstić information content (AvgIpc) is 2.56. The fraction of sp³-hybridized carbons (Fsp3) is 0.250. The molecule has 1 heterocycles. The molecule has 0 aliphatic rings. The summed E-state index contributed by atoms with van der Waals surface area (Å²) in [7, 11) is 1.90. The summed E-state index contributed by atoms with van der Waals surface area (Å²) >= 11 is 0. The van der Waals surface area contributed by atoms with Gasteiger partial charge in [0.15, 0.2) is 0 Å². The number of imidazole rings is 1. The zero-order chi connectivity index (χ0) is 11.7. The lowest BCUT2D eigenvalue weighted by molar-refractivity contribution is 0.628. The Kier molecular flexibility index (Phi) is 2.75. The number of nitrogens with two attached hydrogens (primary N) is 1. The van der Waals surface area contributed by atoms with E-state index in [2.05, 4.69) is 4.98 Å². The van der Waals surface area contributed by atoms with Crippen LogP contribution in [0.15, 0.2) is 24.3 Å². The smallest absolute Gasteiger partial charge is 0.140 e. The number of aromatic nitrogens is 2. The largest absolute Gasteiger partial charge is 0.331 e. The third kappa shape index (κ3) is 1.72. The predicted molar refractivity (Wildman–Crippen MR) is 61.2 cm³/mol. The molecule has 1 aromatic carbocycles. The van der Waals surface area contributed by atoms with E-state index in [1.54, 1.807) is 6.07 Å². The molecule has 0 amide bonds. The average molecular weight is 219 g/mol. The Bertz CT molecular complexity index is 517. The van der Waals surface area contributed by atoms with Crippen LogP contribution in [-0.2, 0) is 13.6 Å². The van der Waals surface area contributed by atoms with Gasteiger partial charge < -0.3 is 10.3 Å². The number of halogens is 1. The van der Waals surface area contributed by atoms with Crippen LogP contribution in [0.5, 0.6) is 0 Å². The maximum atomic E-state index is 13.1. The van der Waals surface area contributed by atoms with Gasteiger partial charge in [0.05, 0.1) is 5.69 Å². The van der Waals surface area contributed by atoms with Crippen LogP contribution in [0.2, 0.25) is 0 Å². The molecule has 0 bridgehead atoms. The quantitative estimate of drug-likeness (QED) is 0.839. The summed E-state index contributed by atoms with van der Waals surface area (Å²) in [6.07, 6.45) is 0. The van der Waals surface area contributed by atoms with Crippen molar-refractivity contribution in [1.82, 2.24) is 9.55 Å². The van der Waals surface area contributed by atoms with E-state index in [9.17, 15) is 4.39 Å². The Morgan fingerprint density at radius 2 is 2.19 bits per heavy atom. The van der Waals surface area contributed by atoms with Crippen molar-refractivity contribution in [3.8, 4) is 11.4 Å². The van der Waals surface area contributed by atoms with Crippen molar-refractivity contribution in [3.63, 3.8) is 0 Å². The maximum Gasteiger partial charge on any atom is 0.140 e. The molecule has 0 aliphatic heterocycles. The van der Waals surface area contributed by atoms with Crippen molar-refractivity contribution in [2.24, 2.45) is 12.8 Å². The molecule has 16 heavy (non-hydrogen) atoms. The van der Waals surface area contributed by atoms with E-state index >= 15 is 0 Å². The lowest BCUT2D eigenvalue weighted by Gasteiger charge is -2.02. The highest BCUT2D eigenvalue weighted by Crippen LogP contribution is 2.21. The molecular formula is C12H14FN3. The van der Waals surface area contributed by atoms with Crippen LogP contribution in [0.25, 0.3) is 11.4 Å². The topological polar surface area (TPSA) is 43.8 Å². The number of hydrogen-bond acceptors (Lipinski definition) is 2. The second-order valence-electron chi connectivity index (χ2n) is 3.74. The molecule has 0 saturated carbocycles. The summed E-state index contributed by atoms with van der Waals surface area (Å²) in [4.78, 5) is 4.41. The van der Waals surface area contributed by atoms with Crippen molar-refractivity contribution in [2.45, 2.75) is 13.5 Å². The fourth-order valence-electron chi connectivity index (χ4n) is 1.72. The molecule has 0 saturated heterocycles. The summed E-state index contributed by atoms with van der Waals surface area (Å²) in [5, 5.41) is 0. The highest BCUT2D eigenvalue weighted by molar-refractivity contribution is 5.56. The Morgan fingerprint density at radius 3 is 2.75 bits per heavy atom. The maximum absolute atomic E-state index is 13.1. The van der Waals surface area contributed by atoms with Crippen molar-refractivity contribution < 1.29 is 4.39 Å². The minimum absolute atomic E-state index is 0.257. The number of benzene rings is 1. The molecular weight excluding hydrogens is 205 g/mol. The minimum Gasteiger partial charge on any atom is -0.331 e. The molecule has 2 aromatic rings. The monoisotopic (exact) mass is 219 g/mol. The Hall–Kier alpha value is -1.68. The Balaban J connectivity index is 2.56. The molecule has 0 atom stereocenters. The van der Waals surface area contributed by atoms with Crippen LogP contribution < -0.4 is 5.73 Å². The van der Waals surface area contributed by atoms with Gasteiger partial charge in [0.1, 0.15) is 11.6 Å². The SMILES string of the molecule is Cc1c(CN)nc(-c2cccc(F)c2)n1C. The van der Waals surface area contributed by atoms with Gasteiger partial charge in [0, 0.05) is 24.8 Å². The number of hydrogen-bond donors (Lipinski definition) is 1. The summed E-state index contributed by atoms with van der Waals surface area (Å²) in [6, 6.07) is 6.41. The van der Waals surface area contributed by atoms with Crippen molar-refractivity contribution in [3.05, 3.63) is 41.5 Å². The van der Waals surface area contributed by atoms with Crippen LogP contribution in [0.4, 0.5) is 4.39 Å². The van der Waals surface area contributed by atoms with E-state index in [-0.39, 0.29) is 5.82 Å². The van der Waals surface area contributed by atoms with Crippen LogP contribution in [0.3, 0.4) is 0 Å². The lowest BCUT2D eigenvalue weighted by Crippen LogP contribution is -1.99. The van der Waals surface area contributed by atoms with Crippen LogP contribution in [0, 0.1) is 12.7 Å². The lowest BCUT2D eigenvalue weighted by atomic mass is 10.2. The molecule has 0 radical (unpaired) electrons. The van der Waals surface area contributed by atoms with Crippen molar-refractivity contribution >= 4 is 0 Å². The van der Waals surface area contributed by atoms with Gasteiger partial charge in [0.25, 0.3) is 0 Å². The zero-order valence-electron chi connectivity index (χ0n) is 9.37. The van der Waals surface area contributed by atoms with Gasteiger partial charge in [0.2, 0.25) is 0 Å². The van der Waals surface area contributed by atoms with Crippen molar-refractivity contribution in [1.29, 1.82) is 0 Å². The third-order valence-corrected chi connectivity index (χ3v) is 2.76. The standard InChI is InChI=1S/C12H14FN3/c1-8-11(7-14)15-12(16(8)2)9-4-3-5-10(13)6-9/h3-6H,7,14H2,1-2H3. The molecule has 4 heteroatoms. The molecule has 2 N–H and O–H groups in total. The van der Waals surface area contributed by atoms with Crippen LogP contribution >= 0.6 is 0 Å². The molecule has 3 nitrogen and oxygen atoms in total. The molecule has 0 fully saturated rings. The van der Waals surface area contributed by atoms with Gasteiger partial charge in [-0.1, -0.05) is 12.1 Å². The van der Waals surface area contributed by atoms with Gasteiger partial charge >= 0.3 is 0 Å². The van der Waals surface area contributed by atoms with E-state index in [1.807, 2.05) is 24.6 Å². The summed E-state index contributed by atoms with van der Waals surface area (Å²) in [5.41, 5.74) is 8.22. The van der Waals surface area contributed by atoms with E-state index in [0.717, 1.165) is 22.8 Å². The highest BCUT2D eigenvalue weighted by Gasteiger charge is 2.11. The predicted octanol–water partition coefficient (Wildman–Crippen LogP) is 1.99. The molecule has 1 aromatic heterocycles. The van der Waals surface area contributed by atoms with Gasteiger partial charge in [-0.3, -0.25) is 0 Å². The Morgan fingerprint density at radius 1 is 1.44 bits per heavy atom. The van der Waals surface area contributed by atoms with E-state index in [1.165, 1.54) is 12.1 Å². The first-order valence-corrected chi connectivity index (χ1v) is 5.11. The second kappa shape index (κ2) is 4.06. The summed E-state index contributed by atoms with van der Waals surface area (Å²) < 4.78 is 15.0. The Labute approximate surface area is 93.7 Å². The first-order chi connectivity index (χ1) is 7.63. The molecule has 84 valence electrons. The third-order valence-electron chi connectivity index (χ3n) is 2.76. The van der Waals surface area contributed by atoms with E-state index in [4.69, 9.17) is 5.73 Å². The molecule has 0 spiro atoms. The van der Waals surface area contributed by atoms with Gasteiger partial charge in [-0.15, -0.1) is 0 Å². The van der Waals surface area contributed by atoms with E-state index in [0.29, 0.717) is 6.54 Å². The highest BCUT2D eigenvalue weighted by atomic mass is 19.1. The number of rotatable bonds is 2. The molecule has 0 unspecified atom stereocenters. The van der Waals surface area contributed by atoms with Gasteiger partial charge in [-0.05, 0) is 19.1 Å². The first kappa shape index (κ1) is 10.8. The fourth-order valence-corrected chi connectivity index (χ4v) is 1.72. The zero-order valence-corrected chi connectivity index (χ0v) is 9.37. The number of nitrogens with zero attached hydrogens (tertiary/aromatic N) is 2. The van der Waals surface area contributed by atoms with E-state index < -0.39 is 0 Å². The van der Waals surface area contributed by atoms with Crippen LogP contribution in [-0.4, -0.2) is 9.55 Å². The second-order valence-corrected chi connectivity index (χ2v) is 3.74. The van der Waals surface area contributed by atoms with Crippen LogP contribution in [0.1, 0.15) is 11.4 Å². The van der Waals surface area contributed by atoms with Crippen molar-refractivity contribution in [2.75, 3.05) is 0 Å².